The molecule has 0 amide bonds. The maximum Gasteiger partial charge on any atom is 0.164 e. The smallest absolute Gasteiger partial charge is 0.164 e. The van der Waals surface area contributed by atoms with Crippen LogP contribution >= 0.6 is 11.3 Å². The number of furan rings is 1. The van der Waals surface area contributed by atoms with Gasteiger partial charge in [0.2, 0.25) is 0 Å². The van der Waals surface area contributed by atoms with Gasteiger partial charge in [0.1, 0.15) is 11.3 Å². The fraction of sp³-hybridized carbons (Fsp3) is 0.0392. The lowest BCUT2D eigenvalue weighted by atomic mass is 9.82. The van der Waals surface area contributed by atoms with Gasteiger partial charge in [-0.3, -0.25) is 0 Å². The Kier molecular flexibility index (Phi) is 7.16. The van der Waals surface area contributed by atoms with Gasteiger partial charge >= 0.3 is 0 Å². The van der Waals surface area contributed by atoms with E-state index in [9.17, 15) is 0 Å². The summed E-state index contributed by atoms with van der Waals surface area (Å²) in [5.41, 5.74) is 10.8. The molecule has 57 heavy (non-hydrogen) atoms. The van der Waals surface area contributed by atoms with Crippen LogP contribution in [0.25, 0.3) is 82.5 Å². The third kappa shape index (κ3) is 5.18. The topological polar surface area (TPSA) is 55.1 Å². The number of thiophene rings is 1. The summed E-state index contributed by atoms with van der Waals surface area (Å²) in [6.45, 7) is 0. The van der Waals surface area contributed by atoms with Crippen LogP contribution in [0.1, 0.15) is 22.8 Å². The lowest BCUT2D eigenvalue weighted by Crippen LogP contribution is -2.30. The molecule has 7 aromatic carbocycles. The number of rotatable bonds is 5. The van der Waals surface area contributed by atoms with Crippen LogP contribution in [0.3, 0.4) is 0 Å². The van der Waals surface area contributed by atoms with E-state index in [0.717, 1.165) is 39.0 Å². The summed E-state index contributed by atoms with van der Waals surface area (Å²) in [4.78, 5) is 17.9. The van der Waals surface area contributed by atoms with Crippen LogP contribution in [0.4, 0.5) is 11.4 Å². The first-order valence-electron chi connectivity index (χ1n) is 19.3. The molecule has 2 unspecified atom stereocenters. The van der Waals surface area contributed by atoms with Gasteiger partial charge in [-0.2, -0.15) is 0 Å². The monoisotopic (exact) mass is 748 g/mol. The van der Waals surface area contributed by atoms with Gasteiger partial charge in [0, 0.05) is 65.1 Å². The van der Waals surface area contributed by atoms with E-state index in [2.05, 4.69) is 181 Å². The Hall–Kier alpha value is -7.15. The van der Waals surface area contributed by atoms with Gasteiger partial charge in [-0.1, -0.05) is 140 Å². The van der Waals surface area contributed by atoms with Gasteiger partial charge in [0.05, 0.1) is 6.04 Å². The molecule has 1 aliphatic heterocycles. The molecule has 0 saturated heterocycles. The fourth-order valence-corrected chi connectivity index (χ4v) is 10.0. The summed E-state index contributed by atoms with van der Waals surface area (Å²) in [5, 5.41) is 3.62. The highest BCUT2D eigenvalue weighted by Crippen LogP contribution is 2.53. The highest BCUT2D eigenvalue weighted by molar-refractivity contribution is 7.25. The molecular weight excluding hydrogens is 717 g/mol. The van der Waals surface area contributed by atoms with Crippen molar-refractivity contribution >= 4 is 59.9 Å². The number of para-hydroxylation sites is 2. The molecule has 2 atom stereocenters. The highest BCUT2D eigenvalue weighted by atomic mass is 32.1. The van der Waals surface area contributed by atoms with E-state index in [1.54, 1.807) is 11.3 Å². The summed E-state index contributed by atoms with van der Waals surface area (Å²) in [6, 6.07) is 60.0. The standard InChI is InChI=1S/C51H32N4OS/c1-3-11-31(12-4-1)32-19-21-33(22-20-32)49-52-50(54-51(53-49)35-23-25-38-37-15-8-10-18-45(37)57-46(38)30-35)34-24-26-40-44(29-34)56-43-28-27-42-47(48(40)43)39-16-7-9-17-41(39)55(42)36-13-5-2-6-14-36/h1-30,42,47H. The van der Waals surface area contributed by atoms with Crippen LogP contribution in [0, 0.1) is 0 Å². The summed E-state index contributed by atoms with van der Waals surface area (Å²) < 4.78 is 9.18. The number of hydrogen-bond acceptors (Lipinski definition) is 6. The van der Waals surface area contributed by atoms with E-state index >= 15 is 0 Å². The Balaban J connectivity index is 0.983. The zero-order valence-electron chi connectivity index (χ0n) is 30.6. The molecule has 3 aromatic heterocycles. The van der Waals surface area contributed by atoms with Crippen LogP contribution in [-0.4, -0.2) is 21.0 Å². The van der Waals surface area contributed by atoms with Gasteiger partial charge in [-0.05, 0) is 59.2 Å². The van der Waals surface area contributed by atoms with E-state index in [4.69, 9.17) is 19.4 Å². The molecule has 12 rings (SSSR count). The molecule has 10 aromatic rings. The number of aromatic nitrogens is 3. The second kappa shape index (κ2) is 12.7. The first-order valence-corrected chi connectivity index (χ1v) is 20.1. The minimum atomic E-state index is 0.131. The summed E-state index contributed by atoms with van der Waals surface area (Å²) >= 11 is 1.79. The highest BCUT2D eigenvalue weighted by Gasteiger charge is 2.43. The molecule has 2 aliphatic rings. The lowest BCUT2D eigenvalue weighted by Gasteiger charge is -2.30. The van der Waals surface area contributed by atoms with Crippen molar-refractivity contribution in [2.75, 3.05) is 4.90 Å². The Morgan fingerprint density at radius 1 is 0.491 bits per heavy atom. The number of nitrogens with zero attached hydrogens (tertiary/aromatic N) is 4. The quantitative estimate of drug-likeness (QED) is 0.175. The molecule has 4 heterocycles. The Labute approximate surface area is 332 Å². The van der Waals surface area contributed by atoms with Crippen molar-refractivity contribution in [3.05, 3.63) is 193 Å². The minimum absolute atomic E-state index is 0.131. The number of hydrogen-bond donors (Lipinski definition) is 0. The Morgan fingerprint density at radius 2 is 1.09 bits per heavy atom. The molecule has 0 radical (unpaired) electrons. The minimum Gasteiger partial charge on any atom is -0.456 e. The van der Waals surface area contributed by atoms with Crippen LogP contribution in [0.15, 0.2) is 180 Å². The largest absolute Gasteiger partial charge is 0.456 e. The Bertz CT molecular complexity index is 3200. The molecule has 1 aliphatic carbocycles. The van der Waals surface area contributed by atoms with E-state index in [0.29, 0.717) is 17.5 Å². The predicted octanol–water partition coefficient (Wildman–Crippen LogP) is 13.3. The van der Waals surface area contributed by atoms with Gasteiger partial charge in [0.15, 0.2) is 17.5 Å². The van der Waals surface area contributed by atoms with E-state index in [-0.39, 0.29) is 12.0 Å². The SMILES string of the molecule is C1=CC2C(c3ccccc3N2c2ccccc2)c2c1oc1cc(-c3nc(-c4ccc(-c5ccccc5)cc4)nc(-c4ccc5c(c4)sc4ccccc45)n3)ccc21. The van der Waals surface area contributed by atoms with Crippen LogP contribution < -0.4 is 4.90 Å². The summed E-state index contributed by atoms with van der Waals surface area (Å²) in [7, 11) is 0. The molecule has 5 nitrogen and oxygen atoms in total. The van der Waals surface area contributed by atoms with E-state index < -0.39 is 0 Å². The van der Waals surface area contributed by atoms with Crippen molar-refractivity contribution in [3.63, 3.8) is 0 Å². The molecule has 268 valence electrons. The zero-order chi connectivity index (χ0) is 37.5. The molecular formula is C51H32N4OS. The molecule has 0 bridgehead atoms. The number of anilines is 2. The lowest BCUT2D eigenvalue weighted by molar-refractivity contribution is 0.584. The molecule has 6 heteroatoms. The molecule has 0 N–H and O–H groups in total. The molecule has 0 spiro atoms. The van der Waals surface area contributed by atoms with Crippen molar-refractivity contribution in [3.8, 4) is 45.3 Å². The third-order valence-electron chi connectivity index (χ3n) is 11.5. The van der Waals surface area contributed by atoms with Gasteiger partial charge in [-0.25, -0.2) is 15.0 Å². The third-order valence-corrected chi connectivity index (χ3v) is 12.6. The average molecular weight is 749 g/mol. The zero-order valence-corrected chi connectivity index (χ0v) is 31.4. The number of benzene rings is 7. The maximum absolute atomic E-state index is 6.70. The summed E-state index contributed by atoms with van der Waals surface area (Å²) in [5.74, 6) is 2.89. The van der Waals surface area contributed by atoms with E-state index in [1.165, 1.54) is 48.2 Å². The predicted molar refractivity (Wildman–Crippen MR) is 234 cm³/mol. The van der Waals surface area contributed by atoms with Crippen molar-refractivity contribution in [2.24, 2.45) is 0 Å². The van der Waals surface area contributed by atoms with Crippen LogP contribution in [0.5, 0.6) is 0 Å². The van der Waals surface area contributed by atoms with Gasteiger partial charge in [0.25, 0.3) is 0 Å². The van der Waals surface area contributed by atoms with Crippen LogP contribution in [0.2, 0.25) is 0 Å². The normalized spacial score (nSPS) is 15.6. The fourth-order valence-electron chi connectivity index (χ4n) is 8.86. The van der Waals surface area contributed by atoms with Gasteiger partial charge in [-0.15, -0.1) is 11.3 Å². The van der Waals surface area contributed by atoms with Crippen molar-refractivity contribution in [1.29, 1.82) is 0 Å². The first kappa shape index (κ1) is 32.1. The van der Waals surface area contributed by atoms with Crippen molar-refractivity contribution in [1.82, 2.24) is 15.0 Å². The van der Waals surface area contributed by atoms with Crippen LogP contribution in [-0.2, 0) is 0 Å². The van der Waals surface area contributed by atoms with Gasteiger partial charge < -0.3 is 9.32 Å². The van der Waals surface area contributed by atoms with Crippen molar-refractivity contribution < 1.29 is 4.42 Å². The van der Waals surface area contributed by atoms with E-state index in [1.807, 2.05) is 6.07 Å². The molecule has 0 saturated carbocycles. The Morgan fingerprint density at radius 3 is 1.89 bits per heavy atom. The average Bonchev–Trinajstić information content (AvgIpc) is 3.95. The van der Waals surface area contributed by atoms with Crippen molar-refractivity contribution in [2.45, 2.75) is 12.0 Å². The molecule has 0 fully saturated rings. The number of fused-ring (bicyclic) bond motifs is 10. The maximum atomic E-state index is 6.70. The first-order chi connectivity index (χ1) is 28.2. The second-order valence-electron chi connectivity index (χ2n) is 14.7. The second-order valence-corrected chi connectivity index (χ2v) is 15.8. The summed E-state index contributed by atoms with van der Waals surface area (Å²) in [6.07, 6.45) is 4.45.